The first kappa shape index (κ1) is 19.4. The summed E-state index contributed by atoms with van der Waals surface area (Å²) in [7, 11) is 1.58. The molecule has 0 unspecified atom stereocenters. The van der Waals surface area contributed by atoms with Crippen molar-refractivity contribution in [3.8, 4) is 0 Å². The molecule has 0 saturated heterocycles. The molecule has 1 heteroatoms. The maximum atomic E-state index is 1.58. The zero-order valence-electron chi connectivity index (χ0n) is 16.0. The Bertz CT molecular complexity index is 239. The van der Waals surface area contributed by atoms with E-state index in [9.17, 15) is 0 Å². The van der Waals surface area contributed by atoms with Crippen molar-refractivity contribution in [3.05, 3.63) is 0 Å². The average Bonchev–Trinajstić information content (AvgIpc) is 2.70. The van der Waals surface area contributed by atoms with Crippen LogP contribution < -0.4 is 0 Å². The fourth-order valence-corrected chi connectivity index (χ4v) is 5.08. The second-order valence-corrected chi connectivity index (χ2v) is 8.78. The fraction of sp³-hybridized carbons (Fsp3) is 1.00. The van der Waals surface area contributed by atoms with E-state index in [1.165, 1.54) is 103 Å². The molecule has 2 rings (SSSR count). The van der Waals surface area contributed by atoms with Crippen molar-refractivity contribution in [1.82, 2.24) is 0 Å². The Balaban J connectivity index is 1.75. The molecule has 0 heterocycles. The van der Waals surface area contributed by atoms with Crippen LogP contribution in [0.25, 0.3) is 0 Å². The lowest BCUT2D eigenvalue weighted by Crippen LogP contribution is -2.12. The van der Waals surface area contributed by atoms with E-state index in [2.05, 4.69) is 0 Å². The molecule has 134 valence electrons. The summed E-state index contributed by atoms with van der Waals surface area (Å²) in [6.45, 7) is 0. The highest BCUT2D eigenvalue weighted by molar-refractivity contribution is 6.39. The van der Waals surface area contributed by atoms with Gasteiger partial charge in [-0.25, -0.2) is 0 Å². The Hall–Kier alpha value is 0.0649. The predicted octanol–water partition coefficient (Wildman–Crippen LogP) is 7.83. The van der Waals surface area contributed by atoms with Crippen LogP contribution in [0.5, 0.6) is 0 Å². The van der Waals surface area contributed by atoms with Crippen molar-refractivity contribution < 1.29 is 0 Å². The second-order valence-electron chi connectivity index (χ2n) is 8.78. The molecular weight excluding hydrogens is 275 g/mol. The maximum absolute atomic E-state index is 1.58. The van der Waals surface area contributed by atoms with Gasteiger partial charge in [-0.3, -0.25) is 0 Å². The normalized spacial score (nSPS) is 25.9. The predicted molar refractivity (Wildman–Crippen MR) is 107 cm³/mol. The van der Waals surface area contributed by atoms with Crippen LogP contribution in [0.4, 0.5) is 0 Å². The van der Waals surface area contributed by atoms with Crippen molar-refractivity contribution >= 4 is 7.28 Å². The van der Waals surface area contributed by atoms with E-state index in [1.807, 2.05) is 0 Å². The highest BCUT2D eigenvalue weighted by Gasteiger charge is 2.19. The van der Waals surface area contributed by atoms with Crippen LogP contribution in [-0.4, -0.2) is 7.28 Å². The molecule has 0 N–H and O–H groups in total. The maximum Gasteiger partial charge on any atom is 0.127 e. The lowest BCUT2D eigenvalue weighted by molar-refractivity contribution is 0.543. The number of hydrogen-bond acceptors (Lipinski definition) is 0. The lowest BCUT2D eigenvalue weighted by Gasteiger charge is -2.22. The molecule has 2 fully saturated rings. The minimum atomic E-state index is 1.07. The van der Waals surface area contributed by atoms with Gasteiger partial charge in [0.15, 0.2) is 0 Å². The van der Waals surface area contributed by atoms with Crippen LogP contribution in [-0.2, 0) is 0 Å². The highest BCUT2D eigenvalue weighted by Crippen LogP contribution is 2.33. The van der Waals surface area contributed by atoms with E-state index in [4.69, 9.17) is 0 Å². The van der Waals surface area contributed by atoms with E-state index in [-0.39, 0.29) is 0 Å². The summed E-state index contributed by atoms with van der Waals surface area (Å²) in [5, 5.41) is 0. The smallest absolute Gasteiger partial charge is 0.0654 e. The Morgan fingerprint density at radius 2 is 0.522 bits per heavy atom. The Labute approximate surface area is 147 Å². The van der Waals surface area contributed by atoms with E-state index in [1.54, 1.807) is 33.0 Å². The van der Waals surface area contributed by atoms with Crippen molar-refractivity contribution in [3.63, 3.8) is 0 Å². The van der Waals surface area contributed by atoms with Crippen molar-refractivity contribution in [2.24, 2.45) is 0 Å². The third kappa shape index (κ3) is 9.83. The molecule has 0 bridgehead atoms. The van der Waals surface area contributed by atoms with Gasteiger partial charge < -0.3 is 0 Å². The van der Waals surface area contributed by atoms with Crippen LogP contribution in [0.2, 0.25) is 11.6 Å². The largest absolute Gasteiger partial charge is 0.127 e. The quantitative estimate of drug-likeness (QED) is 0.455. The summed E-state index contributed by atoms with van der Waals surface area (Å²) in [5.74, 6) is 2.15. The molecule has 2 saturated carbocycles. The van der Waals surface area contributed by atoms with Crippen molar-refractivity contribution in [2.45, 2.75) is 140 Å². The highest BCUT2D eigenvalue weighted by atomic mass is 14.1. The van der Waals surface area contributed by atoms with Gasteiger partial charge in [0.25, 0.3) is 0 Å². The average molecular weight is 318 g/mol. The minimum Gasteiger partial charge on any atom is -0.0654 e. The summed E-state index contributed by atoms with van der Waals surface area (Å²) in [6, 6.07) is 0. The first-order valence-corrected chi connectivity index (χ1v) is 11.4. The molecule has 0 aromatic rings. The molecule has 2 aliphatic carbocycles. The third-order valence-electron chi connectivity index (χ3n) is 6.62. The van der Waals surface area contributed by atoms with Gasteiger partial charge in [-0.1, -0.05) is 140 Å². The van der Waals surface area contributed by atoms with Crippen LogP contribution in [0, 0.1) is 0 Å². The molecule has 0 nitrogen and oxygen atoms in total. The number of rotatable bonds is 2. The first-order valence-electron chi connectivity index (χ1n) is 11.4. The summed E-state index contributed by atoms with van der Waals surface area (Å²) < 4.78 is 0. The summed E-state index contributed by atoms with van der Waals surface area (Å²) >= 11 is 0. The molecule has 23 heavy (non-hydrogen) atoms. The van der Waals surface area contributed by atoms with Gasteiger partial charge in [-0.2, -0.15) is 0 Å². The molecule has 0 aromatic carbocycles. The lowest BCUT2D eigenvalue weighted by atomic mass is 9.50. The van der Waals surface area contributed by atoms with Crippen molar-refractivity contribution in [2.75, 3.05) is 0 Å². The summed E-state index contributed by atoms with van der Waals surface area (Å²) in [5.41, 5.74) is 0. The molecular formula is C22H43B. The van der Waals surface area contributed by atoms with Gasteiger partial charge in [0.2, 0.25) is 0 Å². The van der Waals surface area contributed by atoms with Gasteiger partial charge in [0.1, 0.15) is 7.28 Å². The molecule has 0 radical (unpaired) electrons. The number of hydrogen-bond donors (Lipinski definition) is 0. The van der Waals surface area contributed by atoms with Gasteiger partial charge >= 0.3 is 0 Å². The summed E-state index contributed by atoms with van der Waals surface area (Å²) in [4.78, 5) is 0. The van der Waals surface area contributed by atoms with Crippen LogP contribution in [0.1, 0.15) is 128 Å². The third-order valence-corrected chi connectivity index (χ3v) is 6.62. The fourth-order valence-electron chi connectivity index (χ4n) is 5.08. The van der Waals surface area contributed by atoms with Gasteiger partial charge in [-0.15, -0.1) is 0 Å². The molecule has 2 aliphatic rings. The van der Waals surface area contributed by atoms with Crippen molar-refractivity contribution in [1.29, 1.82) is 0 Å². The van der Waals surface area contributed by atoms with Crippen LogP contribution in [0.15, 0.2) is 0 Å². The zero-order valence-corrected chi connectivity index (χ0v) is 16.0. The van der Waals surface area contributed by atoms with E-state index < -0.39 is 0 Å². The topological polar surface area (TPSA) is 0 Å². The SMILES string of the molecule is B(C1CCCCCCCCCCCC1)C1CCCCCCCC1. The zero-order chi connectivity index (χ0) is 16.0. The van der Waals surface area contributed by atoms with Crippen LogP contribution >= 0.6 is 0 Å². The van der Waals surface area contributed by atoms with Gasteiger partial charge in [0, 0.05) is 0 Å². The van der Waals surface area contributed by atoms with E-state index in [0.29, 0.717) is 0 Å². The Morgan fingerprint density at radius 1 is 0.304 bits per heavy atom. The Kier molecular flexibility index (Phi) is 11.3. The first-order chi connectivity index (χ1) is 11.4. The monoisotopic (exact) mass is 318 g/mol. The van der Waals surface area contributed by atoms with Crippen LogP contribution in [0.3, 0.4) is 0 Å². The van der Waals surface area contributed by atoms with E-state index >= 15 is 0 Å². The molecule has 0 aliphatic heterocycles. The van der Waals surface area contributed by atoms with Gasteiger partial charge in [-0.05, 0) is 0 Å². The second kappa shape index (κ2) is 13.4. The standard InChI is InChI=1S/C22H43B/c1-2-4-6-10-14-18-21(17-13-9-5-3-1)23-22-19-15-11-7-8-12-16-20-22/h21-23H,1-20H2. The Morgan fingerprint density at radius 3 is 0.783 bits per heavy atom. The molecule has 0 aromatic heterocycles. The molecule has 0 amide bonds. The minimum absolute atomic E-state index is 1.07. The van der Waals surface area contributed by atoms with E-state index in [0.717, 1.165) is 11.6 Å². The summed E-state index contributed by atoms with van der Waals surface area (Å²) in [6.07, 6.45) is 30.4. The van der Waals surface area contributed by atoms with Gasteiger partial charge in [0.05, 0.1) is 0 Å². The molecule has 0 atom stereocenters. The molecule has 0 spiro atoms.